The molecule has 0 fully saturated rings. The summed E-state index contributed by atoms with van der Waals surface area (Å²) >= 11 is 0. The Labute approximate surface area is 145 Å². The number of benzene rings is 2. The quantitative estimate of drug-likeness (QED) is 0.722. The number of imide groups is 1. The first kappa shape index (κ1) is 18.3. The number of phenols is 1. The number of aromatic hydroxyl groups is 1. The summed E-state index contributed by atoms with van der Waals surface area (Å²) in [6.07, 6.45) is 0.720. The number of amides is 3. The molecule has 0 saturated carbocycles. The van der Waals surface area contributed by atoms with Gasteiger partial charge in [0.25, 0.3) is 5.91 Å². The monoisotopic (exact) mass is 344 g/mol. The van der Waals surface area contributed by atoms with Gasteiger partial charge in [0.15, 0.2) is 6.61 Å². The molecule has 2 aromatic rings. The van der Waals surface area contributed by atoms with Gasteiger partial charge in [0.2, 0.25) is 0 Å². The van der Waals surface area contributed by atoms with Crippen LogP contribution in [0.2, 0.25) is 0 Å². The predicted molar refractivity (Wildman–Crippen MR) is 92.3 cm³/mol. The van der Waals surface area contributed by atoms with Crippen LogP contribution in [0.5, 0.6) is 5.75 Å². The topological polar surface area (TPSA) is 105 Å². The van der Waals surface area contributed by atoms with Crippen LogP contribution < -0.4 is 10.6 Å². The molecule has 0 aromatic heterocycles. The minimum absolute atomic E-state index is 0.0458. The van der Waals surface area contributed by atoms with Gasteiger partial charge in [-0.1, -0.05) is 37.3 Å². The second kappa shape index (κ2) is 8.14. The SMILES string of the molecule is CC[C@H](C)NC(=O)NC(=O)COC(=O)c1ccc2ccccc2c1O. The second-order valence-electron chi connectivity index (χ2n) is 5.59. The molecule has 2 rings (SSSR count). The van der Waals surface area contributed by atoms with Crippen LogP contribution in [0.3, 0.4) is 0 Å². The number of esters is 1. The maximum absolute atomic E-state index is 12.1. The van der Waals surface area contributed by atoms with Gasteiger partial charge in [0.1, 0.15) is 11.3 Å². The third-order valence-corrected chi connectivity index (χ3v) is 3.70. The average molecular weight is 344 g/mol. The van der Waals surface area contributed by atoms with Gasteiger partial charge in [0, 0.05) is 11.4 Å². The zero-order chi connectivity index (χ0) is 18.4. The van der Waals surface area contributed by atoms with Crippen molar-refractivity contribution in [2.24, 2.45) is 0 Å². The van der Waals surface area contributed by atoms with E-state index >= 15 is 0 Å². The highest BCUT2D eigenvalue weighted by atomic mass is 16.5. The molecule has 3 amide bonds. The van der Waals surface area contributed by atoms with Crippen molar-refractivity contribution in [2.75, 3.05) is 6.61 Å². The molecule has 0 heterocycles. The van der Waals surface area contributed by atoms with E-state index in [9.17, 15) is 19.5 Å². The summed E-state index contributed by atoms with van der Waals surface area (Å²) in [5.41, 5.74) is -0.0458. The molecule has 7 nitrogen and oxygen atoms in total. The summed E-state index contributed by atoms with van der Waals surface area (Å²) in [5, 5.41) is 16.1. The Hall–Kier alpha value is -3.09. The lowest BCUT2D eigenvalue weighted by atomic mass is 10.1. The number of ether oxygens (including phenoxy) is 1. The zero-order valence-electron chi connectivity index (χ0n) is 14.0. The van der Waals surface area contributed by atoms with Gasteiger partial charge in [-0.25, -0.2) is 9.59 Å². The fourth-order valence-electron chi connectivity index (χ4n) is 2.15. The first-order valence-electron chi connectivity index (χ1n) is 7.90. The molecule has 3 N–H and O–H groups in total. The first-order chi connectivity index (χ1) is 11.9. The number of hydrogen-bond donors (Lipinski definition) is 3. The summed E-state index contributed by atoms with van der Waals surface area (Å²) in [4.78, 5) is 35.2. The van der Waals surface area contributed by atoms with Crippen LogP contribution in [-0.2, 0) is 9.53 Å². The Morgan fingerprint density at radius 2 is 1.88 bits per heavy atom. The number of carbonyl (C=O) groups is 3. The molecule has 0 aliphatic rings. The Morgan fingerprint density at radius 1 is 1.16 bits per heavy atom. The Morgan fingerprint density at radius 3 is 2.60 bits per heavy atom. The molecule has 25 heavy (non-hydrogen) atoms. The van der Waals surface area contributed by atoms with Crippen molar-refractivity contribution >= 4 is 28.7 Å². The summed E-state index contributed by atoms with van der Waals surface area (Å²) in [7, 11) is 0. The minimum atomic E-state index is -0.847. The highest BCUT2D eigenvalue weighted by Crippen LogP contribution is 2.28. The highest BCUT2D eigenvalue weighted by Gasteiger charge is 2.17. The van der Waals surface area contributed by atoms with Crippen molar-refractivity contribution in [3.63, 3.8) is 0 Å². The Bertz CT molecular complexity index is 803. The van der Waals surface area contributed by atoms with Crippen molar-refractivity contribution in [1.82, 2.24) is 10.6 Å². The molecule has 7 heteroatoms. The van der Waals surface area contributed by atoms with Crippen LogP contribution in [0.25, 0.3) is 10.8 Å². The first-order valence-corrected chi connectivity index (χ1v) is 7.90. The summed E-state index contributed by atoms with van der Waals surface area (Å²) in [6, 6.07) is 9.39. The number of carbonyl (C=O) groups excluding carboxylic acids is 3. The Kier molecular flexibility index (Phi) is 5.94. The van der Waals surface area contributed by atoms with Crippen molar-refractivity contribution in [3.05, 3.63) is 42.0 Å². The predicted octanol–water partition coefficient (Wildman–Crippen LogP) is 2.33. The summed E-state index contributed by atoms with van der Waals surface area (Å²) in [5.74, 6) is -1.81. The van der Waals surface area contributed by atoms with Crippen LogP contribution >= 0.6 is 0 Å². The van der Waals surface area contributed by atoms with E-state index in [2.05, 4.69) is 10.6 Å². The van der Waals surface area contributed by atoms with E-state index in [1.165, 1.54) is 6.07 Å². The van der Waals surface area contributed by atoms with Gasteiger partial charge < -0.3 is 15.2 Å². The van der Waals surface area contributed by atoms with E-state index in [0.717, 1.165) is 11.8 Å². The van der Waals surface area contributed by atoms with Crippen LogP contribution in [0, 0.1) is 0 Å². The highest BCUT2D eigenvalue weighted by molar-refractivity contribution is 6.02. The smallest absolute Gasteiger partial charge is 0.342 e. The number of hydrogen-bond acceptors (Lipinski definition) is 5. The van der Waals surface area contributed by atoms with Gasteiger partial charge in [-0.15, -0.1) is 0 Å². The molecule has 2 aromatic carbocycles. The fourth-order valence-corrected chi connectivity index (χ4v) is 2.15. The molecular weight excluding hydrogens is 324 g/mol. The number of nitrogens with one attached hydrogen (secondary N) is 2. The molecule has 0 unspecified atom stereocenters. The van der Waals surface area contributed by atoms with Gasteiger partial charge in [0.05, 0.1) is 0 Å². The summed E-state index contributed by atoms with van der Waals surface area (Å²) < 4.78 is 4.86. The van der Waals surface area contributed by atoms with Crippen molar-refractivity contribution in [1.29, 1.82) is 0 Å². The zero-order valence-corrected chi connectivity index (χ0v) is 14.0. The van der Waals surface area contributed by atoms with E-state index in [0.29, 0.717) is 5.39 Å². The molecule has 0 aliphatic heterocycles. The van der Waals surface area contributed by atoms with Gasteiger partial charge in [-0.3, -0.25) is 10.1 Å². The Balaban J connectivity index is 1.95. The molecule has 0 radical (unpaired) electrons. The van der Waals surface area contributed by atoms with E-state index in [1.54, 1.807) is 31.2 Å². The normalized spacial score (nSPS) is 11.6. The van der Waals surface area contributed by atoms with E-state index in [-0.39, 0.29) is 17.4 Å². The van der Waals surface area contributed by atoms with Crippen LogP contribution in [0.4, 0.5) is 4.79 Å². The third kappa shape index (κ3) is 4.69. The van der Waals surface area contributed by atoms with E-state index in [4.69, 9.17) is 4.74 Å². The largest absolute Gasteiger partial charge is 0.506 e. The minimum Gasteiger partial charge on any atom is -0.506 e. The van der Waals surface area contributed by atoms with Crippen LogP contribution in [-0.4, -0.2) is 35.7 Å². The van der Waals surface area contributed by atoms with Gasteiger partial charge in [-0.05, 0) is 24.8 Å². The maximum Gasteiger partial charge on any atom is 0.342 e. The van der Waals surface area contributed by atoms with Gasteiger partial charge in [-0.2, -0.15) is 0 Å². The van der Waals surface area contributed by atoms with Crippen LogP contribution in [0.1, 0.15) is 30.6 Å². The molecule has 0 saturated heterocycles. The number of urea groups is 1. The van der Waals surface area contributed by atoms with Crippen molar-refractivity contribution in [2.45, 2.75) is 26.3 Å². The molecule has 132 valence electrons. The van der Waals surface area contributed by atoms with Crippen molar-refractivity contribution in [3.8, 4) is 5.75 Å². The number of phenolic OH excluding ortho intramolecular Hbond substituents is 1. The molecule has 0 bridgehead atoms. The fraction of sp³-hybridized carbons (Fsp3) is 0.278. The lowest BCUT2D eigenvalue weighted by molar-refractivity contribution is -0.123. The van der Waals surface area contributed by atoms with Crippen LogP contribution in [0.15, 0.2) is 36.4 Å². The maximum atomic E-state index is 12.1. The second-order valence-corrected chi connectivity index (χ2v) is 5.59. The average Bonchev–Trinajstić information content (AvgIpc) is 2.60. The molecular formula is C18H20N2O5. The lowest BCUT2D eigenvalue weighted by Crippen LogP contribution is -2.44. The molecule has 1 atom stereocenters. The number of fused-ring (bicyclic) bond motifs is 1. The standard InChI is InChI=1S/C18H20N2O5/c1-3-11(2)19-18(24)20-15(21)10-25-17(23)14-9-8-12-6-4-5-7-13(12)16(14)22/h4-9,11,22H,3,10H2,1-2H3,(H2,19,20,21,24)/t11-/m0/s1. The van der Waals surface area contributed by atoms with Gasteiger partial charge >= 0.3 is 12.0 Å². The summed E-state index contributed by atoms with van der Waals surface area (Å²) in [6.45, 7) is 3.07. The van der Waals surface area contributed by atoms with E-state index < -0.39 is 24.5 Å². The molecule has 0 spiro atoms. The lowest BCUT2D eigenvalue weighted by Gasteiger charge is -2.12. The number of rotatable bonds is 5. The van der Waals surface area contributed by atoms with Crippen molar-refractivity contribution < 1.29 is 24.2 Å². The molecule has 0 aliphatic carbocycles. The van der Waals surface area contributed by atoms with E-state index in [1.807, 2.05) is 13.0 Å². The third-order valence-electron chi connectivity index (χ3n) is 3.70.